The standard InChI is InChI=1S/C17H34N2O2/c1-5-10-18-17(20)15(4)19-11-8-16(9-12-19)7-6-13-21-14(2)3/h14-16H,5-13H2,1-4H3,(H,18,20). The zero-order chi connectivity index (χ0) is 15.7. The van der Waals surface area contributed by atoms with Crippen molar-refractivity contribution in [3.8, 4) is 0 Å². The number of hydrogen-bond acceptors (Lipinski definition) is 3. The maximum Gasteiger partial charge on any atom is 0.237 e. The minimum absolute atomic E-state index is 0.0155. The highest BCUT2D eigenvalue weighted by Crippen LogP contribution is 2.23. The number of nitrogens with zero attached hydrogens (tertiary/aromatic N) is 1. The second-order valence-corrected chi connectivity index (χ2v) is 6.51. The Morgan fingerprint density at radius 1 is 1.29 bits per heavy atom. The SMILES string of the molecule is CCCNC(=O)C(C)N1CCC(CCCOC(C)C)CC1. The fourth-order valence-electron chi connectivity index (χ4n) is 2.88. The molecule has 0 aromatic carbocycles. The fraction of sp³-hybridized carbons (Fsp3) is 0.941. The van der Waals surface area contributed by atoms with Crippen LogP contribution in [0.3, 0.4) is 0 Å². The van der Waals surface area contributed by atoms with Crippen LogP contribution in [0.2, 0.25) is 0 Å². The van der Waals surface area contributed by atoms with Crippen molar-refractivity contribution >= 4 is 5.91 Å². The number of hydrogen-bond donors (Lipinski definition) is 1. The molecule has 0 aromatic rings. The predicted octanol–water partition coefficient (Wildman–Crippen LogP) is 2.82. The molecule has 0 bridgehead atoms. The van der Waals surface area contributed by atoms with Crippen molar-refractivity contribution in [1.82, 2.24) is 10.2 Å². The van der Waals surface area contributed by atoms with Crippen LogP contribution in [-0.2, 0) is 9.53 Å². The Balaban J connectivity index is 2.17. The molecule has 1 aliphatic heterocycles. The van der Waals surface area contributed by atoms with E-state index in [1.54, 1.807) is 0 Å². The molecule has 4 heteroatoms. The average Bonchev–Trinajstić information content (AvgIpc) is 2.49. The third kappa shape index (κ3) is 7.28. The van der Waals surface area contributed by atoms with Crippen LogP contribution >= 0.6 is 0 Å². The molecule has 0 saturated carbocycles. The summed E-state index contributed by atoms with van der Waals surface area (Å²) < 4.78 is 5.60. The van der Waals surface area contributed by atoms with Crippen molar-refractivity contribution in [2.75, 3.05) is 26.2 Å². The first-order valence-corrected chi connectivity index (χ1v) is 8.68. The largest absolute Gasteiger partial charge is 0.379 e. The molecule has 0 aromatic heterocycles. The van der Waals surface area contributed by atoms with Crippen molar-refractivity contribution in [1.29, 1.82) is 0 Å². The highest BCUT2D eigenvalue weighted by atomic mass is 16.5. The van der Waals surface area contributed by atoms with Gasteiger partial charge >= 0.3 is 0 Å². The summed E-state index contributed by atoms with van der Waals surface area (Å²) in [5, 5.41) is 3.00. The topological polar surface area (TPSA) is 41.6 Å². The summed E-state index contributed by atoms with van der Waals surface area (Å²) in [6, 6.07) is 0.0155. The normalized spacial score (nSPS) is 18.9. The van der Waals surface area contributed by atoms with E-state index < -0.39 is 0 Å². The van der Waals surface area contributed by atoms with Gasteiger partial charge in [-0.15, -0.1) is 0 Å². The summed E-state index contributed by atoms with van der Waals surface area (Å²) in [6.45, 7) is 12.1. The molecule has 4 nitrogen and oxygen atoms in total. The van der Waals surface area contributed by atoms with Gasteiger partial charge in [-0.2, -0.15) is 0 Å². The van der Waals surface area contributed by atoms with Gasteiger partial charge in [-0.1, -0.05) is 6.92 Å². The van der Waals surface area contributed by atoms with Gasteiger partial charge in [0.2, 0.25) is 5.91 Å². The van der Waals surface area contributed by atoms with E-state index in [1.807, 2.05) is 6.92 Å². The molecule has 1 saturated heterocycles. The van der Waals surface area contributed by atoms with Gasteiger partial charge in [0.1, 0.15) is 0 Å². The Hall–Kier alpha value is -0.610. The van der Waals surface area contributed by atoms with E-state index >= 15 is 0 Å². The summed E-state index contributed by atoms with van der Waals surface area (Å²) in [5.41, 5.74) is 0. The molecule has 0 spiro atoms. The van der Waals surface area contributed by atoms with Gasteiger partial charge in [0, 0.05) is 13.2 Å². The molecule has 1 unspecified atom stereocenters. The van der Waals surface area contributed by atoms with Crippen molar-refractivity contribution in [3.63, 3.8) is 0 Å². The molecule has 1 amide bonds. The third-order valence-electron chi connectivity index (χ3n) is 4.33. The second-order valence-electron chi connectivity index (χ2n) is 6.51. The Morgan fingerprint density at radius 2 is 1.95 bits per heavy atom. The molecular formula is C17H34N2O2. The number of carbonyl (C=O) groups is 1. The lowest BCUT2D eigenvalue weighted by molar-refractivity contribution is -0.126. The molecule has 0 aliphatic carbocycles. The number of carbonyl (C=O) groups excluding carboxylic acids is 1. The molecular weight excluding hydrogens is 264 g/mol. The van der Waals surface area contributed by atoms with Crippen molar-refractivity contribution in [2.45, 2.75) is 71.9 Å². The first-order chi connectivity index (χ1) is 10.0. The lowest BCUT2D eigenvalue weighted by Crippen LogP contribution is -2.48. The van der Waals surface area contributed by atoms with Crippen LogP contribution in [0, 0.1) is 5.92 Å². The zero-order valence-electron chi connectivity index (χ0n) is 14.4. The fourth-order valence-corrected chi connectivity index (χ4v) is 2.88. The molecule has 1 rings (SSSR count). The van der Waals surface area contributed by atoms with E-state index in [2.05, 4.69) is 31.0 Å². The number of piperidine rings is 1. The highest BCUT2D eigenvalue weighted by Gasteiger charge is 2.26. The number of likely N-dealkylation sites (tertiary alicyclic amines) is 1. The third-order valence-corrected chi connectivity index (χ3v) is 4.33. The lowest BCUT2D eigenvalue weighted by atomic mass is 9.91. The summed E-state index contributed by atoms with van der Waals surface area (Å²) in [5.74, 6) is 0.989. The summed E-state index contributed by atoms with van der Waals surface area (Å²) >= 11 is 0. The molecule has 1 heterocycles. The molecule has 1 atom stereocenters. The van der Waals surface area contributed by atoms with Crippen LogP contribution < -0.4 is 5.32 Å². The van der Waals surface area contributed by atoms with Gasteiger partial charge in [-0.25, -0.2) is 0 Å². The van der Waals surface area contributed by atoms with Crippen molar-refractivity contribution in [2.24, 2.45) is 5.92 Å². The van der Waals surface area contributed by atoms with E-state index in [0.717, 1.165) is 45.0 Å². The Morgan fingerprint density at radius 3 is 2.52 bits per heavy atom. The molecule has 21 heavy (non-hydrogen) atoms. The molecule has 1 fully saturated rings. The lowest BCUT2D eigenvalue weighted by Gasteiger charge is -2.35. The Kier molecular flexibility index (Phi) is 8.93. The van der Waals surface area contributed by atoms with E-state index in [-0.39, 0.29) is 11.9 Å². The highest BCUT2D eigenvalue weighted by molar-refractivity contribution is 5.81. The van der Waals surface area contributed by atoms with Crippen LogP contribution in [0.1, 0.15) is 59.8 Å². The Labute approximate surface area is 130 Å². The van der Waals surface area contributed by atoms with Crippen LogP contribution in [0.25, 0.3) is 0 Å². The van der Waals surface area contributed by atoms with Crippen LogP contribution in [0.5, 0.6) is 0 Å². The zero-order valence-corrected chi connectivity index (χ0v) is 14.4. The monoisotopic (exact) mass is 298 g/mol. The minimum Gasteiger partial charge on any atom is -0.379 e. The minimum atomic E-state index is 0.0155. The van der Waals surface area contributed by atoms with Gasteiger partial charge in [0.25, 0.3) is 0 Å². The van der Waals surface area contributed by atoms with Crippen LogP contribution in [0.4, 0.5) is 0 Å². The summed E-state index contributed by atoms with van der Waals surface area (Å²) in [7, 11) is 0. The molecule has 1 N–H and O–H groups in total. The number of nitrogens with one attached hydrogen (secondary N) is 1. The van der Waals surface area contributed by atoms with Crippen molar-refractivity contribution in [3.05, 3.63) is 0 Å². The maximum atomic E-state index is 12.0. The maximum absolute atomic E-state index is 12.0. The smallest absolute Gasteiger partial charge is 0.237 e. The van der Waals surface area contributed by atoms with E-state index in [1.165, 1.54) is 19.3 Å². The van der Waals surface area contributed by atoms with E-state index in [4.69, 9.17) is 4.74 Å². The predicted molar refractivity (Wildman–Crippen MR) is 87.4 cm³/mol. The van der Waals surface area contributed by atoms with Crippen LogP contribution in [-0.4, -0.2) is 49.2 Å². The first-order valence-electron chi connectivity index (χ1n) is 8.68. The van der Waals surface area contributed by atoms with E-state index in [9.17, 15) is 4.79 Å². The molecule has 1 aliphatic rings. The summed E-state index contributed by atoms with van der Waals surface area (Å²) in [4.78, 5) is 14.3. The number of amides is 1. The van der Waals surface area contributed by atoms with Crippen LogP contribution in [0.15, 0.2) is 0 Å². The average molecular weight is 298 g/mol. The van der Waals surface area contributed by atoms with Gasteiger partial charge in [-0.3, -0.25) is 9.69 Å². The van der Waals surface area contributed by atoms with E-state index in [0.29, 0.717) is 6.10 Å². The number of rotatable bonds is 9. The Bertz CT molecular complexity index is 287. The van der Waals surface area contributed by atoms with Gasteiger partial charge in [0.05, 0.1) is 12.1 Å². The van der Waals surface area contributed by atoms with Gasteiger partial charge in [0.15, 0.2) is 0 Å². The molecule has 124 valence electrons. The first kappa shape index (κ1) is 18.4. The molecule has 0 radical (unpaired) electrons. The van der Waals surface area contributed by atoms with Crippen molar-refractivity contribution < 1.29 is 9.53 Å². The van der Waals surface area contributed by atoms with Gasteiger partial charge < -0.3 is 10.1 Å². The second kappa shape index (κ2) is 10.2. The summed E-state index contributed by atoms with van der Waals surface area (Å²) in [6.07, 6.45) is 6.19. The quantitative estimate of drug-likeness (QED) is 0.666. The number of ether oxygens (including phenoxy) is 1. The van der Waals surface area contributed by atoms with Gasteiger partial charge in [-0.05, 0) is 71.9 Å².